The molecular formula is C16H12N2O2. The molecule has 0 saturated carbocycles. The maximum absolute atomic E-state index is 12.0. The third-order valence-electron chi connectivity index (χ3n) is 2.60. The lowest BCUT2D eigenvalue weighted by atomic mass is 10.1. The maximum Gasteiger partial charge on any atom is 0.266 e. The summed E-state index contributed by atoms with van der Waals surface area (Å²) in [6.07, 6.45) is 1.52. The zero-order chi connectivity index (χ0) is 14.4. The van der Waals surface area contributed by atoms with Crippen molar-refractivity contribution >= 4 is 17.7 Å². The van der Waals surface area contributed by atoms with Gasteiger partial charge in [0.2, 0.25) is 0 Å². The molecule has 2 rings (SSSR count). The number of nitrogens with one attached hydrogen (secondary N) is 1. The molecule has 0 radical (unpaired) electrons. The molecule has 4 nitrogen and oxygen atoms in total. The van der Waals surface area contributed by atoms with Gasteiger partial charge in [0.15, 0.2) is 0 Å². The molecule has 0 aliphatic heterocycles. The number of nitriles is 1. The van der Waals surface area contributed by atoms with Crippen LogP contribution < -0.4 is 5.32 Å². The number of anilines is 1. The lowest BCUT2D eigenvalue weighted by Gasteiger charge is -2.04. The molecule has 2 aromatic carbocycles. The zero-order valence-corrected chi connectivity index (χ0v) is 10.6. The fourth-order valence-electron chi connectivity index (χ4n) is 1.61. The van der Waals surface area contributed by atoms with Gasteiger partial charge in [-0.15, -0.1) is 0 Å². The van der Waals surface area contributed by atoms with Gasteiger partial charge in [0.25, 0.3) is 5.91 Å². The first-order valence-corrected chi connectivity index (χ1v) is 5.96. The molecule has 0 unspecified atom stereocenters. The van der Waals surface area contributed by atoms with Gasteiger partial charge >= 0.3 is 0 Å². The molecule has 1 amide bonds. The second kappa shape index (κ2) is 6.21. The highest BCUT2D eigenvalue weighted by Gasteiger charge is 2.09. The number of carbonyl (C=O) groups excluding carboxylic acids is 1. The minimum Gasteiger partial charge on any atom is -0.508 e. The van der Waals surface area contributed by atoms with Crippen LogP contribution in [0.1, 0.15) is 5.56 Å². The Labute approximate surface area is 116 Å². The van der Waals surface area contributed by atoms with Gasteiger partial charge in [-0.25, -0.2) is 0 Å². The van der Waals surface area contributed by atoms with Crippen molar-refractivity contribution in [2.24, 2.45) is 0 Å². The summed E-state index contributed by atoms with van der Waals surface area (Å²) in [6, 6.07) is 17.1. The highest BCUT2D eigenvalue weighted by Crippen LogP contribution is 2.15. The molecule has 2 aromatic rings. The first-order chi connectivity index (χ1) is 9.69. The van der Waals surface area contributed by atoms with E-state index in [1.165, 1.54) is 18.2 Å². The van der Waals surface area contributed by atoms with Gasteiger partial charge in [-0.1, -0.05) is 30.3 Å². The molecule has 0 aromatic heterocycles. The van der Waals surface area contributed by atoms with E-state index in [0.29, 0.717) is 5.69 Å². The summed E-state index contributed by atoms with van der Waals surface area (Å²) in [6.45, 7) is 0. The number of nitrogens with zero attached hydrogens (tertiary/aromatic N) is 1. The minimum absolute atomic E-state index is 0.0178. The Balaban J connectivity index is 2.16. The largest absolute Gasteiger partial charge is 0.508 e. The molecular weight excluding hydrogens is 252 g/mol. The highest BCUT2D eigenvalue weighted by molar-refractivity contribution is 6.09. The third-order valence-corrected chi connectivity index (χ3v) is 2.60. The van der Waals surface area contributed by atoms with Crippen LogP contribution >= 0.6 is 0 Å². The number of phenolic OH excluding ortho intramolecular Hbond substituents is 1. The summed E-state index contributed by atoms with van der Waals surface area (Å²) in [5, 5.41) is 20.8. The Kier molecular flexibility index (Phi) is 4.15. The Morgan fingerprint density at radius 3 is 2.35 bits per heavy atom. The van der Waals surface area contributed by atoms with Crippen LogP contribution in [0.25, 0.3) is 6.08 Å². The number of hydrogen-bond donors (Lipinski definition) is 2. The van der Waals surface area contributed by atoms with E-state index in [2.05, 4.69) is 5.32 Å². The van der Waals surface area contributed by atoms with Gasteiger partial charge in [-0.3, -0.25) is 4.79 Å². The van der Waals surface area contributed by atoms with E-state index in [9.17, 15) is 4.79 Å². The summed E-state index contributed by atoms with van der Waals surface area (Å²) < 4.78 is 0. The minimum atomic E-state index is -0.484. The van der Waals surface area contributed by atoms with Gasteiger partial charge in [-0.2, -0.15) is 5.26 Å². The maximum atomic E-state index is 12.0. The van der Waals surface area contributed by atoms with Gasteiger partial charge < -0.3 is 10.4 Å². The van der Waals surface area contributed by atoms with Crippen molar-refractivity contribution in [1.82, 2.24) is 0 Å². The summed E-state index contributed by atoms with van der Waals surface area (Å²) in [5.74, 6) is -0.370. The summed E-state index contributed by atoms with van der Waals surface area (Å²) in [5.41, 5.74) is 1.32. The Hall–Kier alpha value is -3.06. The Morgan fingerprint density at radius 1 is 1.10 bits per heavy atom. The monoisotopic (exact) mass is 264 g/mol. The van der Waals surface area contributed by atoms with E-state index < -0.39 is 5.91 Å². The third kappa shape index (κ3) is 3.47. The van der Waals surface area contributed by atoms with Crippen molar-refractivity contribution in [1.29, 1.82) is 5.26 Å². The Bertz CT molecular complexity index is 668. The average Bonchev–Trinajstić information content (AvgIpc) is 2.48. The summed E-state index contributed by atoms with van der Waals surface area (Å²) in [7, 11) is 0. The number of aromatic hydroxyl groups is 1. The molecule has 0 aliphatic rings. The Morgan fingerprint density at radius 2 is 1.75 bits per heavy atom. The number of phenols is 1. The van der Waals surface area contributed by atoms with Crippen molar-refractivity contribution in [3.05, 3.63) is 65.7 Å². The van der Waals surface area contributed by atoms with Crippen LogP contribution in [-0.4, -0.2) is 11.0 Å². The molecule has 0 atom stereocenters. The van der Waals surface area contributed by atoms with Crippen molar-refractivity contribution in [3.8, 4) is 11.8 Å². The van der Waals surface area contributed by atoms with E-state index in [1.807, 2.05) is 36.4 Å². The number of rotatable bonds is 3. The molecule has 0 saturated heterocycles. The van der Waals surface area contributed by atoms with Crippen molar-refractivity contribution in [2.75, 3.05) is 5.32 Å². The smallest absolute Gasteiger partial charge is 0.266 e. The molecule has 0 spiro atoms. The molecule has 0 bridgehead atoms. The quantitative estimate of drug-likeness (QED) is 0.508. The van der Waals surface area contributed by atoms with Gasteiger partial charge in [-0.05, 0) is 35.9 Å². The number of hydrogen-bond acceptors (Lipinski definition) is 3. The first-order valence-electron chi connectivity index (χ1n) is 5.96. The molecule has 0 aliphatic carbocycles. The second-order valence-corrected chi connectivity index (χ2v) is 4.08. The normalized spacial score (nSPS) is 10.7. The number of amides is 1. The fourth-order valence-corrected chi connectivity index (χ4v) is 1.61. The van der Waals surface area contributed by atoms with Crippen LogP contribution in [-0.2, 0) is 4.79 Å². The summed E-state index contributed by atoms with van der Waals surface area (Å²) in [4.78, 5) is 12.0. The van der Waals surface area contributed by atoms with Crippen LogP contribution in [0, 0.1) is 11.3 Å². The van der Waals surface area contributed by atoms with Gasteiger partial charge in [0.05, 0.1) is 0 Å². The van der Waals surface area contributed by atoms with E-state index in [1.54, 1.807) is 12.1 Å². The first kappa shape index (κ1) is 13.4. The van der Waals surface area contributed by atoms with Crippen LogP contribution in [0.3, 0.4) is 0 Å². The number of benzene rings is 2. The second-order valence-electron chi connectivity index (χ2n) is 4.08. The van der Waals surface area contributed by atoms with Crippen molar-refractivity contribution < 1.29 is 9.90 Å². The highest BCUT2D eigenvalue weighted by atomic mass is 16.3. The summed E-state index contributed by atoms with van der Waals surface area (Å²) >= 11 is 0. The molecule has 4 heteroatoms. The molecule has 0 heterocycles. The number of carbonyl (C=O) groups is 1. The van der Waals surface area contributed by atoms with E-state index >= 15 is 0 Å². The van der Waals surface area contributed by atoms with E-state index in [4.69, 9.17) is 10.4 Å². The molecule has 20 heavy (non-hydrogen) atoms. The van der Waals surface area contributed by atoms with Gasteiger partial charge in [0, 0.05) is 5.69 Å². The van der Waals surface area contributed by atoms with Crippen molar-refractivity contribution in [3.63, 3.8) is 0 Å². The van der Waals surface area contributed by atoms with E-state index in [0.717, 1.165) is 5.56 Å². The predicted octanol–water partition coefficient (Wildman–Crippen LogP) is 2.94. The topological polar surface area (TPSA) is 73.1 Å². The van der Waals surface area contributed by atoms with Crippen LogP contribution in [0.2, 0.25) is 0 Å². The fraction of sp³-hybridized carbons (Fsp3) is 0. The average molecular weight is 264 g/mol. The lowest BCUT2D eigenvalue weighted by Crippen LogP contribution is -2.13. The van der Waals surface area contributed by atoms with Crippen LogP contribution in [0.15, 0.2) is 60.2 Å². The predicted molar refractivity (Wildman–Crippen MR) is 76.8 cm³/mol. The lowest BCUT2D eigenvalue weighted by molar-refractivity contribution is -0.112. The standard InChI is InChI=1S/C16H12N2O2/c17-11-13(10-12-4-2-1-3-5-12)16(20)18-14-6-8-15(19)9-7-14/h1-10,19H,(H,18,20). The van der Waals surface area contributed by atoms with Crippen LogP contribution in [0.4, 0.5) is 5.69 Å². The zero-order valence-electron chi connectivity index (χ0n) is 10.6. The molecule has 2 N–H and O–H groups in total. The molecule has 98 valence electrons. The SMILES string of the molecule is N#CC(=Cc1ccccc1)C(=O)Nc1ccc(O)cc1. The van der Waals surface area contributed by atoms with Gasteiger partial charge in [0.1, 0.15) is 17.4 Å². The molecule has 0 fully saturated rings. The van der Waals surface area contributed by atoms with Crippen LogP contribution in [0.5, 0.6) is 5.75 Å². The van der Waals surface area contributed by atoms with Crippen molar-refractivity contribution in [2.45, 2.75) is 0 Å². The van der Waals surface area contributed by atoms with E-state index in [-0.39, 0.29) is 11.3 Å².